The quantitative estimate of drug-likeness (QED) is 0.748. The molecule has 16 heavy (non-hydrogen) atoms. The number of carbonyl (C=O) groups excluding carboxylic acids is 1. The highest BCUT2D eigenvalue weighted by Crippen LogP contribution is 2.17. The Morgan fingerprint density at radius 2 is 1.81 bits per heavy atom. The molecule has 0 saturated carbocycles. The van der Waals surface area contributed by atoms with Crippen molar-refractivity contribution in [3.8, 4) is 0 Å². The Labute approximate surface area is 94.4 Å². The van der Waals surface area contributed by atoms with Crippen LogP contribution in [0.15, 0.2) is 30.8 Å². The molecule has 1 amide bonds. The van der Waals surface area contributed by atoms with E-state index in [0.717, 1.165) is 11.1 Å². The Morgan fingerprint density at radius 3 is 2.25 bits per heavy atom. The van der Waals surface area contributed by atoms with E-state index in [1.54, 1.807) is 12.1 Å². The highest BCUT2D eigenvalue weighted by atomic mass is 19.1. The minimum absolute atomic E-state index is 0.0952. The van der Waals surface area contributed by atoms with Crippen LogP contribution >= 0.6 is 0 Å². The molecule has 1 aliphatic rings. The van der Waals surface area contributed by atoms with Crippen molar-refractivity contribution in [1.82, 2.24) is 4.90 Å². The van der Waals surface area contributed by atoms with Gasteiger partial charge in [-0.3, -0.25) is 4.79 Å². The van der Waals surface area contributed by atoms with Crippen LogP contribution in [0, 0.1) is 0 Å². The first-order valence-electron chi connectivity index (χ1n) is 5.27. The molecule has 2 rings (SSSR count). The second kappa shape index (κ2) is 4.08. The highest BCUT2D eigenvalue weighted by Gasteiger charge is 2.30. The maximum absolute atomic E-state index is 12.6. The first kappa shape index (κ1) is 10.9. The highest BCUT2D eigenvalue weighted by molar-refractivity contribution is 5.95. The van der Waals surface area contributed by atoms with Gasteiger partial charge in [-0.15, -0.1) is 0 Å². The number of amides is 1. The molecule has 0 radical (unpaired) electrons. The molecular formula is C13H14FNO. The number of benzene rings is 1. The van der Waals surface area contributed by atoms with Gasteiger partial charge in [-0.1, -0.05) is 24.3 Å². The Morgan fingerprint density at radius 1 is 1.31 bits per heavy atom. The standard InChI is InChI=1S/C13H14FNO/c1-9(2)10-3-5-11(6-4-10)13(16)15-7-12(14)8-15/h3-6,12H,1,7-8H2,2H3. The van der Waals surface area contributed by atoms with Crippen molar-refractivity contribution in [2.45, 2.75) is 13.1 Å². The molecule has 1 aromatic rings. The van der Waals surface area contributed by atoms with Crippen LogP contribution in [0.2, 0.25) is 0 Å². The lowest BCUT2D eigenvalue weighted by molar-refractivity contribution is 0.0400. The van der Waals surface area contributed by atoms with Gasteiger partial charge in [0.1, 0.15) is 6.17 Å². The molecule has 1 saturated heterocycles. The second-order valence-corrected chi connectivity index (χ2v) is 4.17. The molecule has 84 valence electrons. The van der Waals surface area contributed by atoms with Crippen molar-refractivity contribution in [1.29, 1.82) is 0 Å². The van der Waals surface area contributed by atoms with Gasteiger partial charge in [0.2, 0.25) is 0 Å². The SMILES string of the molecule is C=C(C)c1ccc(C(=O)N2CC(F)C2)cc1. The van der Waals surface area contributed by atoms with E-state index in [1.807, 2.05) is 19.1 Å². The van der Waals surface area contributed by atoms with Crippen LogP contribution in [0.5, 0.6) is 0 Å². The number of halogens is 1. The Hall–Kier alpha value is -1.64. The lowest BCUT2D eigenvalue weighted by atomic mass is 10.0. The first-order valence-corrected chi connectivity index (χ1v) is 5.27. The minimum atomic E-state index is -0.848. The summed E-state index contributed by atoms with van der Waals surface area (Å²) in [7, 11) is 0. The predicted octanol–water partition coefficient (Wildman–Crippen LogP) is 2.51. The number of hydrogen-bond donors (Lipinski definition) is 0. The van der Waals surface area contributed by atoms with Gasteiger partial charge >= 0.3 is 0 Å². The fraction of sp³-hybridized carbons (Fsp3) is 0.308. The third-order valence-electron chi connectivity index (χ3n) is 2.75. The lowest BCUT2D eigenvalue weighted by Crippen LogP contribution is -2.51. The third kappa shape index (κ3) is 1.98. The molecule has 2 nitrogen and oxygen atoms in total. The van der Waals surface area contributed by atoms with E-state index in [4.69, 9.17) is 0 Å². The topological polar surface area (TPSA) is 20.3 Å². The van der Waals surface area contributed by atoms with E-state index < -0.39 is 6.17 Å². The van der Waals surface area contributed by atoms with Crippen LogP contribution in [-0.4, -0.2) is 30.1 Å². The van der Waals surface area contributed by atoms with Crippen LogP contribution < -0.4 is 0 Å². The minimum Gasteiger partial charge on any atom is -0.333 e. The van der Waals surface area contributed by atoms with Crippen molar-refractivity contribution in [3.63, 3.8) is 0 Å². The van der Waals surface area contributed by atoms with E-state index in [0.29, 0.717) is 5.56 Å². The summed E-state index contributed by atoms with van der Waals surface area (Å²) in [6.07, 6.45) is -0.848. The van der Waals surface area contributed by atoms with Gasteiger partial charge in [-0.05, 0) is 24.6 Å². The van der Waals surface area contributed by atoms with E-state index >= 15 is 0 Å². The number of carbonyl (C=O) groups is 1. The normalized spacial score (nSPS) is 15.8. The summed E-state index contributed by atoms with van der Waals surface area (Å²) in [5.74, 6) is -0.0952. The van der Waals surface area contributed by atoms with Gasteiger partial charge in [-0.25, -0.2) is 4.39 Å². The molecule has 0 N–H and O–H groups in total. The largest absolute Gasteiger partial charge is 0.333 e. The zero-order chi connectivity index (χ0) is 11.7. The summed E-state index contributed by atoms with van der Waals surface area (Å²) in [6.45, 7) is 6.19. The van der Waals surface area contributed by atoms with Gasteiger partial charge in [0.05, 0.1) is 13.1 Å². The van der Waals surface area contributed by atoms with E-state index in [1.165, 1.54) is 4.90 Å². The molecule has 1 aromatic carbocycles. The van der Waals surface area contributed by atoms with E-state index in [-0.39, 0.29) is 19.0 Å². The van der Waals surface area contributed by atoms with Gasteiger partial charge < -0.3 is 4.90 Å². The summed E-state index contributed by atoms with van der Waals surface area (Å²) < 4.78 is 12.6. The molecule has 0 aromatic heterocycles. The summed E-state index contributed by atoms with van der Waals surface area (Å²) >= 11 is 0. The first-order chi connectivity index (χ1) is 7.58. The smallest absolute Gasteiger partial charge is 0.254 e. The maximum Gasteiger partial charge on any atom is 0.254 e. The zero-order valence-corrected chi connectivity index (χ0v) is 9.24. The van der Waals surface area contributed by atoms with Crippen LogP contribution in [-0.2, 0) is 0 Å². The number of allylic oxidation sites excluding steroid dienone is 1. The van der Waals surface area contributed by atoms with Crippen molar-refractivity contribution < 1.29 is 9.18 Å². The number of hydrogen-bond acceptors (Lipinski definition) is 1. The lowest BCUT2D eigenvalue weighted by Gasteiger charge is -2.34. The molecule has 0 bridgehead atoms. The van der Waals surface area contributed by atoms with Gasteiger partial charge in [0, 0.05) is 5.56 Å². The molecule has 0 aliphatic carbocycles. The van der Waals surface area contributed by atoms with E-state index in [9.17, 15) is 9.18 Å². The molecular weight excluding hydrogens is 205 g/mol. The fourth-order valence-electron chi connectivity index (χ4n) is 1.67. The average molecular weight is 219 g/mol. The average Bonchev–Trinajstić information content (AvgIpc) is 2.24. The van der Waals surface area contributed by atoms with Crippen molar-refractivity contribution in [2.75, 3.05) is 13.1 Å². The van der Waals surface area contributed by atoms with Gasteiger partial charge in [0.25, 0.3) is 5.91 Å². The summed E-state index contributed by atoms with van der Waals surface area (Å²) in [6, 6.07) is 7.25. The summed E-state index contributed by atoms with van der Waals surface area (Å²) in [4.78, 5) is 13.3. The molecule has 0 atom stereocenters. The molecule has 0 unspecified atom stereocenters. The van der Waals surface area contributed by atoms with Gasteiger partial charge in [-0.2, -0.15) is 0 Å². The Bertz CT molecular complexity index is 418. The molecule has 0 spiro atoms. The number of rotatable bonds is 2. The Balaban J connectivity index is 2.10. The summed E-state index contributed by atoms with van der Waals surface area (Å²) in [5.41, 5.74) is 2.59. The molecule has 1 aliphatic heterocycles. The number of alkyl halides is 1. The van der Waals surface area contributed by atoms with E-state index in [2.05, 4.69) is 6.58 Å². The van der Waals surface area contributed by atoms with Crippen molar-refractivity contribution in [2.24, 2.45) is 0 Å². The number of likely N-dealkylation sites (tertiary alicyclic amines) is 1. The Kier molecular flexibility index (Phi) is 2.77. The molecule has 1 heterocycles. The molecule has 3 heteroatoms. The third-order valence-corrected chi connectivity index (χ3v) is 2.75. The second-order valence-electron chi connectivity index (χ2n) is 4.17. The fourth-order valence-corrected chi connectivity index (χ4v) is 1.67. The van der Waals surface area contributed by atoms with Crippen molar-refractivity contribution in [3.05, 3.63) is 42.0 Å². The predicted molar refractivity (Wildman–Crippen MR) is 61.9 cm³/mol. The number of nitrogens with zero attached hydrogens (tertiary/aromatic N) is 1. The monoisotopic (exact) mass is 219 g/mol. The van der Waals surface area contributed by atoms with Crippen LogP contribution in [0.4, 0.5) is 4.39 Å². The zero-order valence-electron chi connectivity index (χ0n) is 9.24. The maximum atomic E-state index is 12.6. The van der Waals surface area contributed by atoms with Crippen LogP contribution in [0.3, 0.4) is 0 Å². The van der Waals surface area contributed by atoms with Gasteiger partial charge in [0.15, 0.2) is 0 Å². The molecule has 1 fully saturated rings. The summed E-state index contributed by atoms with van der Waals surface area (Å²) in [5, 5.41) is 0. The van der Waals surface area contributed by atoms with Crippen LogP contribution in [0.1, 0.15) is 22.8 Å². The van der Waals surface area contributed by atoms with Crippen molar-refractivity contribution >= 4 is 11.5 Å². The van der Waals surface area contributed by atoms with Crippen LogP contribution in [0.25, 0.3) is 5.57 Å².